The van der Waals surface area contributed by atoms with Gasteiger partial charge in [-0.15, -0.1) is 10.2 Å². The second kappa shape index (κ2) is 7.23. The standard InChI is InChI=1S/C20H20N2O2S/c1-12-9-14(3)18(15(4)10-12)17(23)11-25-20-22-21-19(24-20)16-8-6-5-7-13(16)2/h5-10H,11H2,1-4H3. The molecule has 0 radical (unpaired) electrons. The zero-order valence-corrected chi connectivity index (χ0v) is 15.6. The van der Waals surface area contributed by atoms with Crippen molar-refractivity contribution in [2.24, 2.45) is 0 Å². The number of hydrogen-bond acceptors (Lipinski definition) is 5. The Balaban J connectivity index is 1.73. The fourth-order valence-electron chi connectivity index (χ4n) is 3.01. The highest BCUT2D eigenvalue weighted by molar-refractivity contribution is 7.99. The van der Waals surface area contributed by atoms with Gasteiger partial charge in [0.05, 0.1) is 5.75 Å². The first-order chi connectivity index (χ1) is 12.0. The molecular weight excluding hydrogens is 332 g/mol. The van der Waals surface area contributed by atoms with Crippen molar-refractivity contribution in [2.75, 3.05) is 5.75 Å². The molecule has 0 bridgehead atoms. The number of aromatic nitrogens is 2. The normalized spacial score (nSPS) is 10.9. The highest BCUT2D eigenvalue weighted by atomic mass is 32.2. The summed E-state index contributed by atoms with van der Waals surface area (Å²) in [5.41, 5.74) is 5.96. The van der Waals surface area contributed by atoms with E-state index < -0.39 is 0 Å². The van der Waals surface area contributed by atoms with Crippen LogP contribution in [0.4, 0.5) is 0 Å². The maximum Gasteiger partial charge on any atom is 0.277 e. The lowest BCUT2D eigenvalue weighted by atomic mass is 9.97. The van der Waals surface area contributed by atoms with Crippen molar-refractivity contribution in [2.45, 2.75) is 32.9 Å². The molecular formula is C20H20N2O2S. The molecule has 0 aliphatic rings. The number of carbonyl (C=O) groups is 1. The number of rotatable bonds is 5. The predicted molar refractivity (Wildman–Crippen MR) is 100 cm³/mol. The third-order valence-electron chi connectivity index (χ3n) is 4.06. The van der Waals surface area contributed by atoms with Gasteiger partial charge in [0.2, 0.25) is 5.89 Å². The molecule has 2 aromatic carbocycles. The van der Waals surface area contributed by atoms with E-state index in [-0.39, 0.29) is 11.5 Å². The molecule has 0 aliphatic carbocycles. The zero-order chi connectivity index (χ0) is 18.0. The van der Waals surface area contributed by atoms with Crippen LogP contribution >= 0.6 is 11.8 Å². The molecule has 0 aliphatic heterocycles. The summed E-state index contributed by atoms with van der Waals surface area (Å²) in [6.07, 6.45) is 0. The van der Waals surface area contributed by atoms with Crippen molar-refractivity contribution in [3.63, 3.8) is 0 Å². The fraction of sp³-hybridized carbons (Fsp3) is 0.250. The molecule has 3 aromatic rings. The van der Waals surface area contributed by atoms with E-state index in [0.717, 1.165) is 27.8 Å². The summed E-state index contributed by atoms with van der Waals surface area (Å²) in [5, 5.41) is 8.56. The van der Waals surface area contributed by atoms with Crippen molar-refractivity contribution in [3.8, 4) is 11.5 Å². The second-order valence-electron chi connectivity index (χ2n) is 6.17. The van der Waals surface area contributed by atoms with Gasteiger partial charge in [-0.2, -0.15) is 0 Å². The van der Waals surface area contributed by atoms with Gasteiger partial charge in [-0.1, -0.05) is 47.7 Å². The van der Waals surface area contributed by atoms with Gasteiger partial charge in [0.15, 0.2) is 5.78 Å². The molecule has 0 N–H and O–H groups in total. The van der Waals surface area contributed by atoms with Gasteiger partial charge in [-0.3, -0.25) is 4.79 Å². The summed E-state index contributed by atoms with van der Waals surface area (Å²) >= 11 is 1.28. The van der Waals surface area contributed by atoms with E-state index in [4.69, 9.17) is 4.42 Å². The Hall–Kier alpha value is -2.40. The monoisotopic (exact) mass is 352 g/mol. The van der Waals surface area contributed by atoms with Crippen LogP contribution in [-0.4, -0.2) is 21.7 Å². The fourth-order valence-corrected chi connectivity index (χ4v) is 3.64. The van der Waals surface area contributed by atoms with Gasteiger partial charge in [0.1, 0.15) is 0 Å². The average molecular weight is 352 g/mol. The van der Waals surface area contributed by atoms with Gasteiger partial charge in [0.25, 0.3) is 5.22 Å². The number of ketones is 1. The van der Waals surface area contributed by atoms with Crippen molar-refractivity contribution >= 4 is 17.5 Å². The molecule has 128 valence electrons. The minimum Gasteiger partial charge on any atom is -0.411 e. The number of carbonyl (C=O) groups excluding carboxylic acids is 1. The Morgan fingerprint density at radius 2 is 1.68 bits per heavy atom. The molecule has 0 unspecified atom stereocenters. The maximum absolute atomic E-state index is 12.6. The Morgan fingerprint density at radius 1 is 1.00 bits per heavy atom. The summed E-state index contributed by atoms with van der Waals surface area (Å²) in [6, 6.07) is 11.9. The molecule has 0 saturated heterocycles. The molecule has 1 heterocycles. The van der Waals surface area contributed by atoms with Crippen molar-refractivity contribution < 1.29 is 9.21 Å². The van der Waals surface area contributed by atoms with Gasteiger partial charge in [0, 0.05) is 11.1 Å². The van der Waals surface area contributed by atoms with Crippen LogP contribution < -0.4 is 0 Å². The van der Waals surface area contributed by atoms with Gasteiger partial charge in [-0.25, -0.2) is 0 Å². The van der Waals surface area contributed by atoms with Crippen LogP contribution in [0.15, 0.2) is 46.0 Å². The van der Waals surface area contributed by atoms with Gasteiger partial charge >= 0.3 is 0 Å². The van der Waals surface area contributed by atoms with Crippen LogP contribution in [-0.2, 0) is 0 Å². The average Bonchev–Trinajstić information content (AvgIpc) is 3.01. The first-order valence-electron chi connectivity index (χ1n) is 8.09. The number of aryl methyl sites for hydroxylation is 4. The summed E-state index contributed by atoms with van der Waals surface area (Å²) in [7, 11) is 0. The number of hydrogen-bond donors (Lipinski definition) is 0. The topological polar surface area (TPSA) is 56.0 Å². The molecule has 0 saturated carbocycles. The summed E-state index contributed by atoms with van der Waals surface area (Å²) in [5.74, 6) is 0.839. The smallest absolute Gasteiger partial charge is 0.277 e. The van der Waals surface area contributed by atoms with Gasteiger partial charge < -0.3 is 4.42 Å². The van der Waals surface area contributed by atoms with Crippen molar-refractivity contribution in [3.05, 3.63) is 64.2 Å². The Kier molecular flexibility index (Phi) is 5.04. The number of thioether (sulfide) groups is 1. The Bertz CT molecular complexity index is 908. The van der Waals surface area contributed by atoms with E-state index in [1.165, 1.54) is 17.3 Å². The molecule has 3 rings (SSSR count). The second-order valence-corrected chi connectivity index (χ2v) is 7.10. The van der Waals surface area contributed by atoms with Crippen molar-refractivity contribution in [1.29, 1.82) is 0 Å². The maximum atomic E-state index is 12.6. The minimum atomic E-state index is 0.0793. The van der Waals surface area contributed by atoms with E-state index >= 15 is 0 Å². The van der Waals surface area contributed by atoms with E-state index in [0.29, 0.717) is 11.1 Å². The quantitative estimate of drug-likeness (QED) is 0.480. The summed E-state index contributed by atoms with van der Waals surface area (Å²) < 4.78 is 5.70. The molecule has 1 aromatic heterocycles. The van der Waals surface area contributed by atoms with Crippen LogP contribution in [0.25, 0.3) is 11.5 Å². The zero-order valence-electron chi connectivity index (χ0n) is 14.8. The Labute approximate surface area is 151 Å². The first kappa shape index (κ1) is 17.4. The van der Waals surface area contributed by atoms with Crippen LogP contribution in [0.3, 0.4) is 0 Å². The van der Waals surface area contributed by atoms with Crippen LogP contribution in [0.5, 0.6) is 0 Å². The third-order valence-corrected chi connectivity index (χ3v) is 4.88. The van der Waals surface area contributed by atoms with Crippen molar-refractivity contribution in [1.82, 2.24) is 10.2 Å². The van der Waals surface area contributed by atoms with E-state index in [9.17, 15) is 4.79 Å². The molecule has 4 nitrogen and oxygen atoms in total. The highest BCUT2D eigenvalue weighted by Crippen LogP contribution is 2.26. The highest BCUT2D eigenvalue weighted by Gasteiger charge is 2.16. The Morgan fingerprint density at radius 3 is 2.36 bits per heavy atom. The number of Topliss-reactive ketones (excluding diaryl/α,β-unsaturated/α-hetero) is 1. The van der Waals surface area contributed by atoms with Crippen LogP contribution in [0.2, 0.25) is 0 Å². The molecule has 25 heavy (non-hydrogen) atoms. The van der Waals surface area contributed by atoms with E-state index in [2.05, 4.69) is 10.2 Å². The molecule has 0 fully saturated rings. The molecule has 0 amide bonds. The predicted octanol–water partition coefficient (Wildman–Crippen LogP) is 4.95. The summed E-state index contributed by atoms with van der Waals surface area (Å²) in [4.78, 5) is 12.6. The molecule has 0 spiro atoms. The van der Waals surface area contributed by atoms with Crippen LogP contribution in [0.1, 0.15) is 32.6 Å². The first-order valence-corrected chi connectivity index (χ1v) is 9.07. The lowest BCUT2D eigenvalue weighted by molar-refractivity contribution is 0.102. The SMILES string of the molecule is Cc1cc(C)c(C(=O)CSc2nnc(-c3ccccc3C)o2)c(C)c1. The molecule has 5 heteroatoms. The third kappa shape index (κ3) is 3.82. The minimum absolute atomic E-state index is 0.0793. The lowest BCUT2D eigenvalue weighted by Crippen LogP contribution is -2.07. The molecule has 0 atom stereocenters. The largest absolute Gasteiger partial charge is 0.411 e. The van der Waals surface area contributed by atoms with Crippen LogP contribution in [0, 0.1) is 27.7 Å². The number of nitrogens with zero attached hydrogens (tertiary/aromatic N) is 2. The van der Waals surface area contributed by atoms with Gasteiger partial charge in [-0.05, 0) is 50.5 Å². The number of benzene rings is 2. The lowest BCUT2D eigenvalue weighted by Gasteiger charge is -2.09. The van der Waals surface area contributed by atoms with E-state index in [1.807, 2.05) is 64.1 Å². The van der Waals surface area contributed by atoms with E-state index in [1.54, 1.807) is 0 Å². The summed E-state index contributed by atoms with van der Waals surface area (Å²) in [6.45, 7) is 7.98.